The van der Waals surface area contributed by atoms with Crippen molar-refractivity contribution >= 4 is 23.8 Å². The number of nitrogens with one attached hydrogen (secondary N) is 2. The molecule has 164 valence electrons. The van der Waals surface area contributed by atoms with E-state index in [1.54, 1.807) is 6.20 Å². The van der Waals surface area contributed by atoms with Gasteiger partial charge in [0.1, 0.15) is 6.04 Å². The highest BCUT2D eigenvalue weighted by atomic mass is 16.2. The Morgan fingerprint density at radius 1 is 1.16 bits per heavy atom. The van der Waals surface area contributed by atoms with Crippen LogP contribution in [0.4, 0.5) is 10.7 Å². The summed E-state index contributed by atoms with van der Waals surface area (Å²) in [6.45, 7) is 4.12. The van der Waals surface area contributed by atoms with Gasteiger partial charge in [0.25, 0.3) is 5.91 Å². The van der Waals surface area contributed by atoms with Crippen molar-refractivity contribution in [3.8, 4) is 11.3 Å². The first-order chi connectivity index (χ1) is 14.8. The number of carbonyl (C=O) groups is 3. The quantitative estimate of drug-likeness (QED) is 0.722. The monoisotopic (exact) mass is 423 g/mol. The lowest BCUT2D eigenvalue weighted by molar-refractivity contribution is -0.131. The van der Waals surface area contributed by atoms with E-state index in [4.69, 9.17) is 0 Å². The Bertz CT molecular complexity index is 1020. The summed E-state index contributed by atoms with van der Waals surface area (Å²) in [5.74, 6) is -0.258. The third-order valence-corrected chi connectivity index (χ3v) is 6.42. The van der Waals surface area contributed by atoms with Crippen LogP contribution in [0.3, 0.4) is 0 Å². The van der Waals surface area contributed by atoms with E-state index >= 15 is 0 Å². The highest BCUT2D eigenvalue weighted by molar-refractivity contribution is 6.07. The molecule has 1 atom stereocenters. The molecular weight excluding hydrogens is 394 g/mol. The molecule has 0 spiro atoms. The largest absolute Gasteiger partial charge is 0.325 e. The summed E-state index contributed by atoms with van der Waals surface area (Å²) in [5.41, 5.74) is 4.29. The van der Waals surface area contributed by atoms with E-state index in [1.807, 2.05) is 17.7 Å². The highest BCUT2D eigenvalue weighted by Crippen LogP contribution is 2.27. The van der Waals surface area contributed by atoms with E-state index < -0.39 is 6.04 Å². The molecule has 4 amide bonds. The lowest BCUT2D eigenvalue weighted by Crippen LogP contribution is -2.42. The van der Waals surface area contributed by atoms with Gasteiger partial charge in [0.15, 0.2) is 0 Å². The normalized spacial score (nSPS) is 19.6. The van der Waals surface area contributed by atoms with Gasteiger partial charge >= 0.3 is 6.03 Å². The van der Waals surface area contributed by atoms with Gasteiger partial charge in [0, 0.05) is 18.7 Å². The lowest BCUT2D eigenvalue weighted by atomic mass is 9.94. The summed E-state index contributed by atoms with van der Waals surface area (Å²) in [7, 11) is 1.83. The van der Waals surface area contributed by atoms with Gasteiger partial charge in [-0.2, -0.15) is 0 Å². The standard InChI is InChI=1S/C23H29N5O3/c1-14-9-10-16(11-15(14)2)19-13-24-22(27(19)3)26-20(29)12-18-21(30)28(23(31)25-18)17-7-5-4-6-8-17/h9-11,13,17-18H,4-8,12H2,1-3H3,(H,25,31)(H,24,26,29)/t18-/m0/s1. The van der Waals surface area contributed by atoms with Gasteiger partial charge in [0.05, 0.1) is 18.3 Å². The fourth-order valence-electron chi connectivity index (χ4n) is 4.43. The molecule has 1 aliphatic carbocycles. The van der Waals surface area contributed by atoms with Crippen molar-refractivity contribution in [3.05, 3.63) is 35.5 Å². The highest BCUT2D eigenvalue weighted by Gasteiger charge is 2.43. The molecule has 1 saturated carbocycles. The van der Waals surface area contributed by atoms with Crippen LogP contribution in [-0.2, 0) is 16.6 Å². The fraction of sp³-hybridized carbons (Fsp3) is 0.478. The number of anilines is 1. The van der Waals surface area contributed by atoms with Crippen LogP contribution >= 0.6 is 0 Å². The minimum atomic E-state index is -0.825. The number of aryl methyl sites for hydroxylation is 2. The van der Waals surface area contributed by atoms with Gasteiger partial charge in [0.2, 0.25) is 11.9 Å². The van der Waals surface area contributed by atoms with Crippen LogP contribution in [0.15, 0.2) is 24.4 Å². The van der Waals surface area contributed by atoms with E-state index in [0.29, 0.717) is 5.95 Å². The van der Waals surface area contributed by atoms with E-state index in [9.17, 15) is 14.4 Å². The Morgan fingerprint density at radius 3 is 2.61 bits per heavy atom. The smallest absolute Gasteiger partial charge is 0.325 e. The number of nitrogens with zero attached hydrogens (tertiary/aromatic N) is 3. The molecular formula is C23H29N5O3. The van der Waals surface area contributed by atoms with Gasteiger partial charge in [-0.25, -0.2) is 9.78 Å². The minimum absolute atomic E-state index is 0.0515. The van der Waals surface area contributed by atoms with Crippen LogP contribution in [0, 0.1) is 13.8 Å². The average Bonchev–Trinajstić information content (AvgIpc) is 3.23. The van der Waals surface area contributed by atoms with Crippen LogP contribution in [0.25, 0.3) is 11.3 Å². The van der Waals surface area contributed by atoms with Crippen molar-refractivity contribution in [2.24, 2.45) is 7.05 Å². The first-order valence-electron chi connectivity index (χ1n) is 10.9. The number of hydrogen-bond donors (Lipinski definition) is 2. The summed E-state index contributed by atoms with van der Waals surface area (Å²) >= 11 is 0. The molecule has 0 radical (unpaired) electrons. The van der Waals surface area contributed by atoms with Gasteiger partial charge in [-0.05, 0) is 43.9 Å². The van der Waals surface area contributed by atoms with Crippen LogP contribution in [-0.4, -0.2) is 44.4 Å². The molecule has 8 heteroatoms. The number of imidazole rings is 1. The number of urea groups is 1. The molecule has 1 aliphatic heterocycles. The van der Waals surface area contributed by atoms with E-state index in [0.717, 1.165) is 43.4 Å². The summed E-state index contributed by atoms with van der Waals surface area (Å²) < 4.78 is 1.81. The number of hydrogen-bond acceptors (Lipinski definition) is 4. The predicted octanol–water partition coefficient (Wildman–Crippen LogP) is 3.29. The number of carbonyl (C=O) groups excluding carboxylic acids is 3. The molecule has 4 rings (SSSR count). The van der Waals surface area contributed by atoms with E-state index in [-0.39, 0.29) is 30.3 Å². The van der Waals surface area contributed by atoms with Crippen molar-refractivity contribution in [1.82, 2.24) is 19.8 Å². The summed E-state index contributed by atoms with van der Waals surface area (Å²) in [5, 5.41) is 5.45. The Labute approximate surface area is 182 Å². The Kier molecular flexibility index (Phi) is 5.80. The second-order valence-corrected chi connectivity index (χ2v) is 8.58. The molecule has 0 bridgehead atoms. The average molecular weight is 424 g/mol. The van der Waals surface area contributed by atoms with E-state index in [1.165, 1.54) is 16.0 Å². The first kappa shape index (κ1) is 21.1. The maximum atomic E-state index is 12.8. The summed E-state index contributed by atoms with van der Waals surface area (Å²) in [6, 6.07) is 4.91. The van der Waals surface area contributed by atoms with Crippen molar-refractivity contribution in [1.29, 1.82) is 0 Å². The number of amides is 4. The molecule has 2 aromatic rings. The van der Waals surface area contributed by atoms with Crippen LogP contribution in [0.5, 0.6) is 0 Å². The zero-order valence-corrected chi connectivity index (χ0v) is 18.3. The Balaban J connectivity index is 1.41. The van der Waals surface area contributed by atoms with Gasteiger partial charge < -0.3 is 9.88 Å². The zero-order chi connectivity index (χ0) is 22.1. The molecule has 31 heavy (non-hydrogen) atoms. The molecule has 2 N–H and O–H groups in total. The molecule has 1 saturated heterocycles. The summed E-state index contributed by atoms with van der Waals surface area (Å²) in [6.07, 6.45) is 6.47. The van der Waals surface area contributed by atoms with Crippen molar-refractivity contribution < 1.29 is 14.4 Å². The second kappa shape index (κ2) is 8.53. The van der Waals surface area contributed by atoms with Crippen molar-refractivity contribution in [2.45, 2.75) is 64.5 Å². The van der Waals surface area contributed by atoms with Gasteiger partial charge in [-0.1, -0.05) is 31.4 Å². The molecule has 2 fully saturated rings. The van der Waals surface area contributed by atoms with Crippen LogP contribution in [0.1, 0.15) is 49.7 Å². The molecule has 2 aliphatic rings. The summed E-state index contributed by atoms with van der Waals surface area (Å²) in [4.78, 5) is 43.4. The topological polar surface area (TPSA) is 96.3 Å². The first-order valence-corrected chi connectivity index (χ1v) is 10.9. The molecule has 1 aromatic carbocycles. The maximum Gasteiger partial charge on any atom is 0.325 e. The number of imide groups is 1. The zero-order valence-electron chi connectivity index (χ0n) is 18.3. The lowest BCUT2D eigenvalue weighted by Gasteiger charge is -2.28. The fourth-order valence-corrected chi connectivity index (χ4v) is 4.43. The van der Waals surface area contributed by atoms with Crippen molar-refractivity contribution in [2.75, 3.05) is 5.32 Å². The second-order valence-electron chi connectivity index (χ2n) is 8.58. The third kappa shape index (κ3) is 4.19. The van der Waals surface area contributed by atoms with Crippen LogP contribution < -0.4 is 10.6 Å². The molecule has 1 aromatic heterocycles. The number of aromatic nitrogens is 2. The Hall–Kier alpha value is -3.16. The van der Waals surface area contributed by atoms with Gasteiger partial charge in [-0.15, -0.1) is 0 Å². The van der Waals surface area contributed by atoms with Gasteiger partial charge in [-0.3, -0.25) is 19.8 Å². The van der Waals surface area contributed by atoms with Crippen molar-refractivity contribution in [3.63, 3.8) is 0 Å². The predicted molar refractivity (Wildman–Crippen MR) is 117 cm³/mol. The number of benzene rings is 1. The van der Waals surface area contributed by atoms with E-state index in [2.05, 4.69) is 41.6 Å². The molecule has 2 heterocycles. The maximum absolute atomic E-state index is 12.8. The molecule has 0 unspecified atom stereocenters. The van der Waals surface area contributed by atoms with Crippen LogP contribution in [0.2, 0.25) is 0 Å². The molecule has 8 nitrogen and oxygen atoms in total. The third-order valence-electron chi connectivity index (χ3n) is 6.42. The number of rotatable bonds is 5. The SMILES string of the molecule is Cc1ccc(-c2cnc(NC(=O)C[C@@H]3NC(=O)N(C4CCCCC4)C3=O)n2C)cc1C. The minimum Gasteiger partial charge on any atom is -0.325 e. The Morgan fingerprint density at radius 2 is 1.90 bits per heavy atom.